The third-order valence-corrected chi connectivity index (χ3v) is 3.12. The molecule has 0 spiro atoms. The molecule has 0 heterocycles. The van der Waals surface area contributed by atoms with E-state index in [-0.39, 0.29) is 10.8 Å². The average Bonchev–Trinajstić information content (AvgIpc) is 2.30. The predicted molar refractivity (Wildman–Crippen MR) is 65.8 cm³/mol. The van der Waals surface area contributed by atoms with Crippen molar-refractivity contribution in [2.24, 2.45) is 11.1 Å². The van der Waals surface area contributed by atoms with E-state index in [4.69, 9.17) is 22.1 Å². The van der Waals surface area contributed by atoms with Crippen molar-refractivity contribution in [2.75, 3.05) is 7.11 Å². The minimum absolute atomic E-state index is 0.0153. The van der Waals surface area contributed by atoms with Gasteiger partial charge in [-0.15, -0.1) is 0 Å². The van der Waals surface area contributed by atoms with Gasteiger partial charge in [-0.25, -0.2) is 0 Å². The third-order valence-electron chi connectivity index (χ3n) is 2.82. The molecule has 0 aliphatic rings. The lowest BCUT2D eigenvalue weighted by molar-refractivity contribution is -0.152. The molecule has 0 saturated carbocycles. The van der Waals surface area contributed by atoms with E-state index in [1.54, 1.807) is 26.0 Å². The number of phenolic OH excluding ortho intramolecular Hbond substituents is 1. The minimum atomic E-state index is -0.866. The van der Waals surface area contributed by atoms with E-state index in [2.05, 4.69) is 0 Å². The fourth-order valence-corrected chi connectivity index (χ4v) is 1.71. The molecular formula is C12H16ClNO3. The van der Waals surface area contributed by atoms with Crippen LogP contribution in [0.5, 0.6) is 5.75 Å². The fraction of sp³-hybridized carbons (Fsp3) is 0.417. The zero-order valence-corrected chi connectivity index (χ0v) is 10.8. The first-order valence-corrected chi connectivity index (χ1v) is 5.51. The normalized spacial score (nSPS) is 13.2. The highest BCUT2D eigenvalue weighted by Crippen LogP contribution is 2.35. The summed E-state index contributed by atoms with van der Waals surface area (Å²) in [5.41, 5.74) is 5.83. The standard InChI is InChI=1S/C12H16ClNO3/c1-12(2,11(16)17-3)10(14)7-4-5-9(15)8(13)6-7/h4-6,10,15H,14H2,1-3H3/t10-/m0/s1. The van der Waals surface area contributed by atoms with Crippen LogP contribution in [0.2, 0.25) is 5.02 Å². The van der Waals surface area contributed by atoms with Crippen molar-refractivity contribution in [3.05, 3.63) is 28.8 Å². The van der Waals surface area contributed by atoms with E-state index in [9.17, 15) is 9.90 Å². The maximum absolute atomic E-state index is 11.6. The molecule has 3 N–H and O–H groups in total. The van der Waals surface area contributed by atoms with Crippen LogP contribution in [0.15, 0.2) is 18.2 Å². The Hall–Kier alpha value is -1.26. The molecule has 0 saturated heterocycles. The van der Waals surface area contributed by atoms with Gasteiger partial charge in [-0.3, -0.25) is 4.79 Å². The Morgan fingerprint density at radius 3 is 2.59 bits per heavy atom. The van der Waals surface area contributed by atoms with Gasteiger partial charge in [0.1, 0.15) is 5.75 Å². The third kappa shape index (κ3) is 2.70. The number of benzene rings is 1. The number of methoxy groups -OCH3 is 1. The highest BCUT2D eigenvalue weighted by atomic mass is 35.5. The molecule has 4 nitrogen and oxygen atoms in total. The molecule has 5 heteroatoms. The molecule has 94 valence electrons. The molecule has 1 aromatic rings. The quantitative estimate of drug-likeness (QED) is 0.815. The van der Waals surface area contributed by atoms with Crippen LogP contribution in [-0.2, 0) is 9.53 Å². The van der Waals surface area contributed by atoms with Crippen LogP contribution in [0.3, 0.4) is 0 Å². The number of nitrogens with two attached hydrogens (primary N) is 1. The molecular weight excluding hydrogens is 242 g/mol. The van der Waals surface area contributed by atoms with Crippen molar-refractivity contribution in [3.63, 3.8) is 0 Å². The summed E-state index contributed by atoms with van der Waals surface area (Å²) < 4.78 is 4.71. The maximum atomic E-state index is 11.6. The van der Waals surface area contributed by atoms with Gasteiger partial charge >= 0.3 is 5.97 Å². The number of halogens is 1. The lowest BCUT2D eigenvalue weighted by Crippen LogP contribution is -2.37. The summed E-state index contributed by atoms with van der Waals surface area (Å²) in [6.45, 7) is 3.40. The number of hydrogen-bond acceptors (Lipinski definition) is 4. The second-order valence-electron chi connectivity index (χ2n) is 4.40. The molecule has 17 heavy (non-hydrogen) atoms. The zero-order valence-electron chi connectivity index (χ0n) is 10.0. The number of carbonyl (C=O) groups is 1. The molecule has 0 aliphatic heterocycles. The van der Waals surface area contributed by atoms with Crippen LogP contribution < -0.4 is 5.73 Å². The lowest BCUT2D eigenvalue weighted by atomic mass is 9.81. The fourth-order valence-electron chi connectivity index (χ4n) is 1.52. The molecule has 0 bridgehead atoms. The summed E-state index contributed by atoms with van der Waals surface area (Å²) in [6.07, 6.45) is 0. The number of hydrogen-bond donors (Lipinski definition) is 2. The molecule has 0 radical (unpaired) electrons. The average molecular weight is 258 g/mol. The first-order valence-electron chi connectivity index (χ1n) is 5.13. The maximum Gasteiger partial charge on any atom is 0.313 e. The van der Waals surface area contributed by atoms with Crippen LogP contribution in [0, 0.1) is 5.41 Å². The van der Waals surface area contributed by atoms with Crippen molar-refractivity contribution in [3.8, 4) is 5.75 Å². The number of esters is 1. The Kier molecular flexibility index (Phi) is 4.01. The SMILES string of the molecule is COC(=O)C(C)(C)[C@@H](N)c1ccc(O)c(Cl)c1. The highest BCUT2D eigenvalue weighted by Gasteiger charge is 2.36. The van der Waals surface area contributed by atoms with Gasteiger partial charge in [0.25, 0.3) is 0 Å². The molecule has 0 unspecified atom stereocenters. The smallest absolute Gasteiger partial charge is 0.313 e. The highest BCUT2D eigenvalue weighted by molar-refractivity contribution is 6.32. The topological polar surface area (TPSA) is 72.5 Å². The molecule has 0 aromatic heterocycles. The largest absolute Gasteiger partial charge is 0.506 e. The van der Waals surface area contributed by atoms with E-state index in [1.807, 2.05) is 0 Å². The van der Waals surface area contributed by atoms with E-state index >= 15 is 0 Å². The summed E-state index contributed by atoms with van der Waals surface area (Å²) in [5.74, 6) is -0.410. The summed E-state index contributed by atoms with van der Waals surface area (Å²) in [6, 6.07) is 4.07. The first kappa shape index (κ1) is 13.8. The molecule has 1 rings (SSSR count). The van der Waals surface area contributed by atoms with Gasteiger partial charge in [0.15, 0.2) is 0 Å². The van der Waals surface area contributed by atoms with E-state index in [0.29, 0.717) is 5.56 Å². The van der Waals surface area contributed by atoms with Crippen LogP contribution in [0.1, 0.15) is 25.5 Å². The monoisotopic (exact) mass is 257 g/mol. The number of rotatable bonds is 3. The number of carbonyl (C=O) groups excluding carboxylic acids is 1. The Bertz CT molecular complexity index is 432. The van der Waals surface area contributed by atoms with Gasteiger partial charge in [0, 0.05) is 6.04 Å². The van der Waals surface area contributed by atoms with E-state index < -0.39 is 17.4 Å². The van der Waals surface area contributed by atoms with Crippen LogP contribution in [0.4, 0.5) is 0 Å². The minimum Gasteiger partial charge on any atom is -0.506 e. The second kappa shape index (κ2) is 4.94. The summed E-state index contributed by atoms with van der Waals surface area (Å²) in [5, 5.41) is 9.53. The zero-order chi connectivity index (χ0) is 13.2. The Balaban J connectivity index is 3.07. The van der Waals surface area contributed by atoms with Crippen LogP contribution >= 0.6 is 11.6 Å². The molecule has 0 fully saturated rings. The van der Waals surface area contributed by atoms with Crippen LogP contribution in [0.25, 0.3) is 0 Å². The number of ether oxygens (including phenoxy) is 1. The summed E-state index contributed by atoms with van der Waals surface area (Å²) >= 11 is 5.80. The van der Waals surface area contributed by atoms with Crippen molar-refractivity contribution < 1.29 is 14.6 Å². The van der Waals surface area contributed by atoms with Crippen molar-refractivity contribution >= 4 is 17.6 Å². The summed E-state index contributed by atoms with van der Waals surface area (Å²) in [4.78, 5) is 11.6. The molecule has 1 aromatic carbocycles. The van der Waals surface area contributed by atoms with Crippen molar-refractivity contribution in [1.82, 2.24) is 0 Å². The van der Waals surface area contributed by atoms with Crippen molar-refractivity contribution in [1.29, 1.82) is 0 Å². The Morgan fingerprint density at radius 2 is 2.12 bits per heavy atom. The number of aromatic hydroxyl groups is 1. The summed E-state index contributed by atoms with van der Waals surface area (Å²) in [7, 11) is 1.32. The van der Waals surface area contributed by atoms with Gasteiger partial charge in [-0.1, -0.05) is 17.7 Å². The van der Waals surface area contributed by atoms with Gasteiger partial charge in [-0.05, 0) is 31.5 Å². The van der Waals surface area contributed by atoms with E-state index in [0.717, 1.165) is 0 Å². The molecule has 0 amide bonds. The molecule has 1 atom stereocenters. The number of phenols is 1. The van der Waals surface area contributed by atoms with Gasteiger partial charge < -0.3 is 15.6 Å². The van der Waals surface area contributed by atoms with E-state index in [1.165, 1.54) is 13.2 Å². The van der Waals surface area contributed by atoms with Gasteiger partial charge in [0.05, 0.1) is 17.5 Å². The first-order chi connectivity index (χ1) is 7.80. The Labute approximate surface area is 105 Å². The second-order valence-corrected chi connectivity index (χ2v) is 4.81. The Morgan fingerprint density at radius 1 is 1.53 bits per heavy atom. The lowest BCUT2D eigenvalue weighted by Gasteiger charge is -2.29. The van der Waals surface area contributed by atoms with Crippen molar-refractivity contribution in [2.45, 2.75) is 19.9 Å². The van der Waals surface area contributed by atoms with Crippen LogP contribution in [-0.4, -0.2) is 18.2 Å². The van der Waals surface area contributed by atoms with Gasteiger partial charge in [-0.2, -0.15) is 0 Å². The predicted octanol–water partition coefficient (Wildman–Crippen LogP) is 2.24. The molecule has 0 aliphatic carbocycles. The van der Waals surface area contributed by atoms with Gasteiger partial charge in [0.2, 0.25) is 0 Å².